The first-order valence-corrected chi connectivity index (χ1v) is 10.8. The van der Waals surface area contributed by atoms with Crippen molar-refractivity contribution in [3.8, 4) is 34.1 Å². The second-order valence-corrected chi connectivity index (χ2v) is 7.93. The molecule has 0 aliphatic heterocycles. The smallest absolute Gasteiger partial charge is 0.250 e. The number of carbonyl (C=O) groups excluding carboxylic acids is 1. The summed E-state index contributed by atoms with van der Waals surface area (Å²) in [6.45, 7) is 0. The summed E-state index contributed by atoms with van der Waals surface area (Å²) in [6, 6.07) is 16.5. The number of nitrogens with zero attached hydrogens (tertiary/aromatic N) is 1. The van der Waals surface area contributed by atoms with Crippen molar-refractivity contribution in [1.82, 2.24) is 4.98 Å². The Morgan fingerprint density at radius 3 is 2.53 bits per heavy atom. The number of ether oxygens (including phenoxy) is 2. The molecule has 4 rings (SSSR count). The molecular formula is C24H19ClN2O4S. The number of nitrogens with one attached hydrogen (secondary N) is 1. The number of furan rings is 1. The van der Waals surface area contributed by atoms with Gasteiger partial charge in [0.05, 0.1) is 19.9 Å². The van der Waals surface area contributed by atoms with E-state index in [2.05, 4.69) is 10.3 Å². The van der Waals surface area contributed by atoms with Gasteiger partial charge < -0.3 is 13.9 Å². The molecule has 2 heterocycles. The molecule has 1 N–H and O–H groups in total. The molecule has 0 atom stereocenters. The van der Waals surface area contributed by atoms with Crippen LogP contribution in [0.3, 0.4) is 0 Å². The Hall–Kier alpha value is -3.55. The van der Waals surface area contributed by atoms with E-state index in [9.17, 15) is 4.79 Å². The number of aromatic nitrogens is 1. The molecule has 0 saturated carbocycles. The normalized spacial score (nSPS) is 11.0. The van der Waals surface area contributed by atoms with Crippen molar-refractivity contribution in [1.29, 1.82) is 0 Å². The second-order valence-electron chi connectivity index (χ2n) is 6.64. The van der Waals surface area contributed by atoms with Crippen molar-refractivity contribution in [3.63, 3.8) is 0 Å². The van der Waals surface area contributed by atoms with Crippen molar-refractivity contribution in [2.45, 2.75) is 0 Å². The van der Waals surface area contributed by atoms with Gasteiger partial charge in [-0.2, -0.15) is 0 Å². The Morgan fingerprint density at radius 1 is 1.03 bits per heavy atom. The third-order valence-corrected chi connectivity index (χ3v) is 5.58. The molecule has 2 aromatic heterocycles. The highest BCUT2D eigenvalue weighted by atomic mass is 35.5. The second kappa shape index (κ2) is 9.72. The fraction of sp³-hybridized carbons (Fsp3) is 0.0833. The lowest BCUT2D eigenvalue weighted by Gasteiger charge is -2.08. The number of benzene rings is 2. The lowest BCUT2D eigenvalue weighted by atomic mass is 10.1. The number of thiazole rings is 1. The quantitative estimate of drug-likeness (QED) is 0.319. The van der Waals surface area contributed by atoms with Gasteiger partial charge in [-0.25, -0.2) is 4.98 Å². The van der Waals surface area contributed by atoms with Gasteiger partial charge in [0.15, 0.2) is 16.6 Å². The highest BCUT2D eigenvalue weighted by Gasteiger charge is 2.10. The highest BCUT2D eigenvalue weighted by molar-refractivity contribution is 7.14. The van der Waals surface area contributed by atoms with Gasteiger partial charge in [0.1, 0.15) is 11.5 Å². The summed E-state index contributed by atoms with van der Waals surface area (Å²) in [5.74, 6) is 2.21. The van der Waals surface area contributed by atoms with E-state index in [1.165, 1.54) is 17.4 Å². The fourth-order valence-electron chi connectivity index (χ4n) is 2.98. The van der Waals surface area contributed by atoms with Crippen LogP contribution in [0.25, 0.3) is 28.7 Å². The van der Waals surface area contributed by atoms with Crippen molar-refractivity contribution >= 4 is 40.1 Å². The molecule has 1 amide bonds. The van der Waals surface area contributed by atoms with Crippen LogP contribution in [0.2, 0.25) is 5.02 Å². The molecular weight excluding hydrogens is 448 g/mol. The minimum atomic E-state index is -0.303. The predicted molar refractivity (Wildman–Crippen MR) is 127 cm³/mol. The standard InChI is InChI=1S/C24H19ClN2O4S/c1-29-21-10-5-16(13-22(21)30-2)19-14-32-24(26-19)27-23(28)12-9-18-8-11-20(31-18)15-3-6-17(25)7-4-15/h3-14H,1-2H3,(H,26,27,28). The van der Waals surface area contributed by atoms with Crippen molar-refractivity contribution in [2.24, 2.45) is 0 Å². The summed E-state index contributed by atoms with van der Waals surface area (Å²) >= 11 is 7.25. The third-order valence-electron chi connectivity index (χ3n) is 4.57. The predicted octanol–water partition coefficient (Wildman–Crippen LogP) is 6.39. The van der Waals surface area contributed by atoms with Crippen LogP contribution in [0.1, 0.15) is 5.76 Å². The minimum Gasteiger partial charge on any atom is -0.493 e. The van der Waals surface area contributed by atoms with E-state index in [-0.39, 0.29) is 5.91 Å². The monoisotopic (exact) mass is 466 g/mol. The molecule has 0 unspecified atom stereocenters. The lowest BCUT2D eigenvalue weighted by Crippen LogP contribution is -2.07. The third kappa shape index (κ3) is 5.01. The number of rotatable bonds is 7. The zero-order chi connectivity index (χ0) is 22.5. The number of amides is 1. The van der Waals surface area contributed by atoms with Gasteiger partial charge in [-0.3, -0.25) is 10.1 Å². The minimum absolute atomic E-state index is 0.303. The maximum absolute atomic E-state index is 12.3. The number of hydrogen-bond donors (Lipinski definition) is 1. The van der Waals surface area contributed by atoms with Crippen molar-refractivity contribution < 1.29 is 18.7 Å². The fourth-order valence-corrected chi connectivity index (χ4v) is 3.82. The van der Waals surface area contributed by atoms with Gasteiger partial charge in [-0.05, 0) is 60.7 Å². The molecule has 6 nitrogen and oxygen atoms in total. The first-order valence-electron chi connectivity index (χ1n) is 9.58. The summed E-state index contributed by atoms with van der Waals surface area (Å²) < 4.78 is 16.4. The van der Waals surface area contributed by atoms with Crippen LogP contribution in [0, 0.1) is 0 Å². The number of anilines is 1. The molecule has 8 heteroatoms. The van der Waals surface area contributed by atoms with E-state index in [1.807, 2.05) is 41.8 Å². The Balaban J connectivity index is 1.40. The summed E-state index contributed by atoms with van der Waals surface area (Å²) in [7, 11) is 3.17. The van der Waals surface area contributed by atoms with Crippen molar-refractivity contribution in [3.05, 3.63) is 76.8 Å². The maximum Gasteiger partial charge on any atom is 0.250 e. The topological polar surface area (TPSA) is 73.6 Å². The zero-order valence-electron chi connectivity index (χ0n) is 17.3. The number of methoxy groups -OCH3 is 2. The molecule has 162 valence electrons. The molecule has 32 heavy (non-hydrogen) atoms. The molecule has 0 saturated heterocycles. The van der Waals surface area contributed by atoms with E-state index in [4.69, 9.17) is 25.5 Å². The maximum atomic E-state index is 12.3. The Bertz CT molecular complexity index is 1260. The SMILES string of the molecule is COc1ccc(-c2csc(NC(=O)C=Cc3ccc(-c4ccc(Cl)cc4)o3)n2)cc1OC. The molecule has 2 aromatic carbocycles. The van der Waals surface area contributed by atoms with E-state index in [0.717, 1.165) is 16.8 Å². The van der Waals surface area contributed by atoms with Crippen LogP contribution in [0.15, 0.2) is 70.5 Å². The molecule has 0 fully saturated rings. The summed E-state index contributed by atoms with van der Waals surface area (Å²) in [6.07, 6.45) is 3.01. The lowest BCUT2D eigenvalue weighted by molar-refractivity contribution is -0.111. The highest BCUT2D eigenvalue weighted by Crippen LogP contribution is 2.33. The average molecular weight is 467 g/mol. The molecule has 0 spiro atoms. The Morgan fingerprint density at radius 2 is 1.78 bits per heavy atom. The molecule has 0 aliphatic carbocycles. The van der Waals surface area contributed by atoms with Crippen molar-refractivity contribution in [2.75, 3.05) is 19.5 Å². The summed E-state index contributed by atoms with van der Waals surface area (Å²) in [5.41, 5.74) is 2.50. The Kier molecular flexibility index (Phi) is 6.58. The molecule has 0 bridgehead atoms. The van der Waals surface area contributed by atoms with Crippen LogP contribution in [0.5, 0.6) is 11.5 Å². The first-order chi connectivity index (χ1) is 15.6. The largest absolute Gasteiger partial charge is 0.493 e. The van der Waals surface area contributed by atoms with Gasteiger partial charge in [0.25, 0.3) is 0 Å². The van der Waals surface area contributed by atoms with E-state index >= 15 is 0 Å². The molecule has 4 aromatic rings. The van der Waals surface area contributed by atoms with Crippen LogP contribution in [0.4, 0.5) is 5.13 Å². The number of carbonyl (C=O) groups is 1. The van der Waals surface area contributed by atoms with Gasteiger partial charge in [0.2, 0.25) is 5.91 Å². The molecule has 0 aliphatic rings. The van der Waals surface area contributed by atoms with E-state index < -0.39 is 0 Å². The summed E-state index contributed by atoms with van der Waals surface area (Å²) in [5, 5.41) is 5.79. The van der Waals surface area contributed by atoms with Crippen LogP contribution in [-0.2, 0) is 4.79 Å². The number of halogens is 1. The Labute approximate surface area is 194 Å². The van der Waals surface area contributed by atoms with Crippen LogP contribution >= 0.6 is 22.9 Å². The van der Waals surface area contributed by atoms with Gasteiger partial charge in [-0.1, -0.05) is 11.6 Å². The van der Waals surface area contributed by atoms with Gasteiger partial charge in [0, 0.05) is 27.6 Å². The van der Waals surface area contributed by atoms with Gasteiger partial charge in [-0.15, -0.1) is 11.3 Å². The van der Waals surface area contributed by atoms with E-state index in [1.54, 1.807) is 38.5 Å². The van der Waals surface area contributed by atoms with Crippen LogP contribution < -0.4 is 14.8 Å². The molecule has 0 radical (unpaired) electrons. The van der Waals surface area contributed by atoms with Gasteiger partial charge >= 0.3 is 0 Å². The van der Waals surface area contributed by atoms with Crippen LogP contribution in [-0.4, -0.2) is 25.1 Å². The van der Waals surface area contributed by atoms with E-state index in [0.29, 0.717) is 33.2 Å². The zero-order valence-corrected chi connectivity index (χ0v) is 18.9. The first kappa shape index (κ1) is 21.7. The number of hydrogen-bond acceptors (Lipinski definition) is 6. The summed E-state index contributed by atoms with van der Waals surface area (Å²) in [4.78, 5) is 16.8. The average Bonchev–Trinajstić information content (AvgIpc) is 3.47.